The minimum Gasteiger partial charge on any atom is -0.481 e. The van der Waals surface area contributed by atoms with Crippen LogP contribution in [0.15, 0.2) is 30.3 Å². The van der Waals surface area contributed by atoms with Crippen molar-refractivity contribution >= 4 is 23.7 Å². The van der Waals surface area contributed by atoms with Crippen molar-refractivity contribution in [3.63, 3.8) is 0 Å². The van der Waals surface area contributed by atoms with E-state index >= 15 is 0 Å². The van der Waals surface area contributed by atoms with E-state index in [1.807, 2.05) is 30.3 Å². The second kappa shape index (κ2) is 5.93. The highest BCUT2D eigenvalue weighted by molar-refractivity contribution is 8.02. The van der Waals surface area contributed by atoms with Crippen molar-refractivity contribution in [3.8, 4) is 0 Å². The summed E-state index contributed by atoms with van der Waals surface area (Å²) in [5, 5.41) is 18.8. The molecule has 6 heteroatoms. The van der Waals surface area contributed by atoms with Crippen LogP contribution in [0.5, 0.6) is 0 Å². The lowest BCUT2D eigenvalue weighted by molar-refractivity contribution is -0.154. The van der Waals surface area contributed by atoms with Crippen LogP contribution >= 0.6 is 11.8 Å². The first kappa shape index (κ1) is 16.8. The third-order valence-corrected chi connectivity index (χ3v) is 6.74. The molecule has 1 aromatic rings. The van der Waals surface area contributed by atoms with Gasteiger partial charge in [0.05, 0.1) is 10.8 Å². The number of carbonyl (C=O) groups is 2. The fraction of sp³-hybridized carbons (Fsp3) is 0.500. The number of nitrogens with two attached hydrogens (primary N) is 1. The second-order valence-electron chi connectivity index (χ2n) is 5.82. The highest BCUT2D eigenvalue weighted by atomic mass is 32.2. The van der Waals surface area contributed by atoms with Gasteiger partial charge in [-0.2, -0.15) is 0 Å². The molecule has 1 heterocycles. The Morgan fingerprint density at radius 1 is 1.23 bits per heavy atom. The van der Waals surface area contributed by atoms with Crippen LogP contribution in [0, 0.1) is 11.3 Å². The quantitative estimate of drug-likeness (QED) is 0.768. The lowest BCUT2D eigenvalue weighted by Crippen LogP contribution is -2.50. The molecule has 5 nitrogen and oxygen atoms in total. The van der Waals surface area contributed by atoms with Gasteiger partial charge in [-0.25, -0.2) is 0 Å². The Kier molecular flexibility index (Phi) is 4.54. The van der Waals surface area contributed by atoms with Crippen LogP contribution in [-0.2, 0) is 16.0 Å². The van der Waals surface area contributed by atoms with Crippen molar-refractivity contribution in [2.75, 3.05) is 0 Å². The Morgan fingerprint density at radius 2 is 1.82 bits per heavy atom. The van der Waals surface area contributed by atoms with Crippen molar-refractivity contribution in [1.29, 1.82) is 0 Å². The van der Waals surface area contributed by atoms with Crippen molar-refractivity contribution in [2.45, 2.75) is 36.8 Å². The lowest BCUT2D eigenvalue weighted by Gasteiger charge is -2.35. The Hall–Kier alpha value is -1.53. The van der Waals surface area contributed by atoms with Crippen LogP contribution in [0.4, 0.5) is 0 Å². The van der Waals surface area contributed by atoms with Gasteiger partial charge >= 0.3 is 11.9 Å². The lowest BCUT2D eigenvalue weighted by atomic mass is 9.67. The molecule has 120 valence electrons. The summed E-state index contributed by atoms with van der Waals surface area (Å²) < 4.78 is -1.23. The molecule has 4 N–H and O–H groups in total. The van der Waals surface area contributed by atoms with Gasteiger partial charge in [0.1, 0.15) is 4.75 Å². The number of carboxylic acid groups (broad SMARTS) is 2. The van der Waals surface area contributed by atoms with Crippen LogP contribution in [0.1, 0.15) is 25.8 Å². The van der Waals surface area contributed by atoms with Gasteiger partial charge in [0.2, 0.25) is 0 Å². The number of thioether (sulfide) groups is 1. The van der Waals surface area contributed by atoms with E-state index in [-0.39, 0.29) is 6.42 Å². The Bertz CT molecular complexity index is 579. The Morgan fingerprint density at radius 3 is 2.23 bits per heavy atom. The summed E-state index contributed by atoms with van der Waals surface area (Å²) in [6.07, 6.45) is 0.569. The summed E-state index contributed by atoms with van der Waals surface area (Å²) >= 11 is 1.08. The summed E-state index contributed by atoms with van der Waals surface area (Å²) in [7, 11) is 0. The molecule has 1 aliphatic heterocycles. The van der Waals surface area contributed by atoms with Crippen molar-refractivity contribution in [1.82, 2.24) is 0 Å². The van der Waals surface area contributed by atoms with E-state index in [1.165, 1.54) is 0 Å². The number of hydrogen-bond donors (Lipinski definition) is 3. The van der Waals surface area contributed by atoms with Gasteiger partial charge in [-0.3, -0.25) is 9.59 Å². The number of benzene rings is 1. The molecule has 0 spiro atoms. The van der Waals surface area contributed by atoms with Gasteiger partial charge in [0.25, 0.3) is 0 Å². The minimum absolute atomic E-state index is 0.262. The van der Waals surface area contributed by atoms with E-state index in [4.69, 9.17) is 5.73 Å². The zero-order valence-corrected chi connectivity index (χ0v) is 13.5. The molecule has 22 heavy (non-hydrogen) atoms. The molecule has 1 saturated heterocycles. The highest BCUT2D eigenvalue weighted by Crippen LogP contribution is 2.59. The molecule has 0 radical (unpaired) electrons. The van der Waals surface area contributed by atoms with Crippen LogP contribution in [0.25, 0.3) is 0 Å². The van der Waals surface area contributed by atoms with Crippen molar-refractivity contribution < 1.29 is 19.8 Å². The van der Waals surface area contributed by atoms with Gasteiger partial charge in [0, 0.05) is 5.92 Å². The number of hydrogen-bond acceptors (Lipinski definition) is 4. The van der Waals surface area contributed by atoms with Gasteiger partial charge in [-0.15, -0.1) is 11.8 Å². The molecule has 0 aromatic heterocycles. The fourth-order valence-electron chi connectivity index (χ4n) is 3.47. The van der Waals surface area contributed by atoms with E-state index in [0.29, 0.717) is 6.42 Å². The third-order valence-electron chi connectivity index (χ3n) is 4.97. The molecular formula is C16H21NO4S. The van der Waals surface area contributed by atoms with E-state index in [2.05, 4.69) is 0 Å². The molecule has 4 unspecified atom stereocenters. The monoisotopic (exact) mass is 323 g/mol. The summed E-state index contributed by atoms with van der Waals surface area (Å²) in [4.78, 5) is 23.9. The molecular weight excluding hydrogens is 302 g/mol. The maximum atomic E-state index is 12.0. The SMILES string of the molecule is CCC1(C(=O)O)C(N)SC(Cc2ccccc2)(C(=O)O)C1C. The average Bonchev–Trinajstić information content (AvgIpc) is 2.69. The standard InChI is InChI=1S/C16H21NO4S/c1-3-15(13(18)19)10(2)16(14(20)21,22-12(15)17)9-11-7-5-4-6-8-11/h4-8,10,12H,3,9,17H2,1-2H3,(H,18,19)(H,20,21). The molecule has 1 aromatic carbocycles. The van der Waals surface area contributed by atoms with Crippen LogP contribution < -0.4 is 5.73 Å². The Labute approximate surface area is 133 Å². The van der Waals surface area contributed by atoms with E-state index < -0.39 is 33.4 Å². The molecule has 0 aliphatic carbocycles. The normalized spacial score (nSPS) is 34.5. The Balaban J connectivity index is 2.49. The number of aliphatic carboxylic acids is 2. The molecule has 2 rings (SSSR count). The van der Waals surface area contributed by atoms with Crippen molar-refractivity contribution in [3.05, 3.63) is 35.9 Å². The van der Waals surface area contributed by atoms with Crippen LogP contribution in [0.2, 0.25) is 0 Å². The summed E-state index contributed by atoms with van der Waals surface area (Å²) in [5.41, 5.74) is 5.75. The van der Waals surface area contributed by atoms with Crippen molar-refractivity contribution in [2.24, 2.45) is 17.1 Å². The predicted octanol–water partition coefficient (Wildman–Crippen LogP) is 2.20. The zero-order valence-electron chi connectivity index (χ0n) is 12.7. The van der Waals surface area contributed by atoms with E-state index in [0.717, 1.165) is 17.3 Å². The molecule has 1 aliphatic rings. The van der Waals surface area contributed by atoms with E-state index in [1.54, 1.807) is 13.8 Å². The molecule has 0 amide bonds. The average molecular weight is 323 g/mol. The van der Waals surface area contributed by atoms with Gasteiger partial charge in [-0.1, -0.05) is 44.2 Å². The summed E-state index contributed by atoms with van der Waals surface area (Å²) in [6, 6.07) is 9.27. The third kappa shape index (κ3) is 2.30. The van der Waals surface area contributed by atoms with Gasteiger partial charge < -0.3 is 15.9 Å². The van der Waals surface area contributed by atoms with E-state index in [9.17, 15) is 19.8 Å². The minimum atomic E-state index is -1.23. The number of rotatable bonds is 5. The largest absolute Gasteiger partial charge is 0.481 e. The second-order valence-corrected chi connectivity index (χ2v) is 7.29. The summed E-state index contributed by atoms with van der Waals surface area (Å²) in [6.45, 7) is 3.46. The maximum absolute atomic E-state index is 12.0. The number of carboxylic acids is 2. The van der Waals surface area contributed by atoms with Crippen LogP contribution in [-0.4, -0.2) is 32.3 Å². The maximum Gasteiger partial charge on any atom is 0.320 e. The highest BCUT2D eigenvalue weighted by Gasteiger charge is 2.66. The van der Waals surface area contributed by atoms with Gasteiger partial charge in [-0.05, 0) is 18.4 Å². The first-order chi connectivity index (χ1) is 10.3. The first-order valence-electron chi connectivity index (χ1n) is 7.25. The first-order valence-corrected chi connectivity index (χ1v) is 8.13. The molecule has 1 fully saturated rings. The molecule has 0 bridgehead atoms. The van der Waals surface area contributed by atoms with Gasteiger partial charge in [0.15, 0.2) is 0 Å². The fourth-order valence-corrected chi connectivity index (χ4v) is 5.37. The zero-order chi connectivity index (χ0) is 16.5. The van der Waals surface area contributed by atoms with Crippen LogP contribution in [0.3, 0.4) is 0 Å². The molecule has 4 atom stereocenters. The predicted molar refractivity (Wildman–Crippen MR) is 85.6 cm³/mol. The smallest absolute Gasteiger partial charge is 0.320 e. The molecule has 0 saturated carbocycles. The summed E-state index contributed by atoms with van der Waals surface area (Å²) in [5.74, 6) is -2.60. The topological polar surface area (TPSA) is 101 Å².